The molecule has 0 unspecified atom stereocenters. The minimum atomic E-state index is -0.196. The van der Waals surface area contributed by atoms with Gasteiger partial charge in [-0.05, 0) is 44.1 Å². The van der Waals surface area contributed by atoms with Gasteiger partial charge in [0.05, 0.1) is 11.2 Å². The van der Waals surface area contributed by atoms with Crippen molar-refractivity contribution in [3.8, 4) is 0 Å². The average molecular weight is 380 g/mol. The molecule has 1 amide bonds. The van der Waals surface area contributed by atoms with Gasteiger partial charge in [-0.25, -0.2) is 4.79 Å². The maximum atomic E-state index is 12.5. The summed E-state index contributed by atoms with van der Waals surface area (Å²) in [6.45, 7) is 3.69. The molecule has 1 spiro atoms. The number of carbonyl (C=O) groups is 1. The van der Waals surface area contributed by atoms with Crippen LogP contribution >= 0.6 is 0 Å². The third-order valence-electron chi connectivity index (χ3n) is 6.41. The Labute approximate surface area is 166 Å². The number of fused-ring (bicyclic) bond motifs is 4. The smallest absolute Gasteiger partial charge is 0.410 e. The summed E-state index contributed by atoms with van der Waals surface area (Å²) in [7, 11) is 0. The van der Waals surface area contributed by atoms with Crippen molar-refractivity contribution in [1.29, 1.82) is 0 Å². The van der Waals surface area contributed by atoms with Crippen molar-refractivity contribution in [2.45, 2.75) is 44.1 Å². The van der Waals surface area contributed by atoms with Crippen LogP contribution in [0.5, 0.6) is 0 Å². The predicted octanol–water partition coefficient (Wildman–Crippen LogP) is 3.11. The van der Waals surface area contributed by atoms with Crippen LogP contribution in [0.25, 0.3) is 0 Å². The van der Waals surface area contributed by atoms with E-state index in [-0.39, 0.29) is 11.6 Å². The van der Waals surface area contributed by atoms with Crippen molar-refractivity contribution in [3.05, 3.63) is 47.3 Å². The minimum absolute atomic E-state index is 0.102. The van der Waals surface area contributed by atoms with Crippen LogP contribution in [0.1, 0.15) is 38.5 Å². The third kappa shape index (κ3) is 3.05. The van der Waals surface area contributed by atoms with E-state index in [0.717, 1.165) is 63.0 Å². The van der Waals surface area contributed by atoms with Gasteiger partial charge in [0.15, 0.2) is 0 Å². The monoisotopic (exact) mass is 380 g/mol. The molecule has 0 aromatic rings. The quantitative estimate of drug-likeness (QED) is 0.800. The maximum Gasteiger partial charge on any atom is 0.410 e. The fraction of sp³-hybridized carbons (Fsp3) is 0.545. The number of carbonyl (C=O) groups excluding carboxylic acids is 1. The summed E-state index contributed by atoms with van der Waals surface area (Å²) in [5.74, 6) is 1.04. The first kappa shape index (κ1) is 17.6. The fourth-order valence-corrected chi connectivity index (χ4v) is 4.92. The highest BCUT2D eigenvalue weighted by Crippen LogP contribution is 2.41. The van der Waals surface area contributed by atoms with Crippen LogP contribution in [0.2, 0.25) is 0 Å². The van der Waals surface area contributed by atoms with E-state index in [9.17, 15) is 4.79 Å². The van der Waals surface area contributed by atoms with Gasteiger partial charge in [0, 0.05) is 31.9 Å². The number of hydrogen-bond donors (Lipinski definition) is 1. The lowest BCUT2D eigenvalue weighted by molar-refractivity contribution is 0.0874. The number of piperidine rings is 1. The molecule has 0 saturated carbocycles. The van der Waals surface area contributed by atoms with Gasteiger partial charge in [0.1, 0.15) is 12.4 Å². The Kier molecular flexibility index (Phi) is 4.49. The van der Waals surface area contributed by atoms with Crippen LogP contribution < -0.4 is 5.32 Å². The number of amidine groups is 1. The Hall–Kier alpha value is -2.50. The summed E-state index contributed by atoms with van der Waals surface area (Å²) in [6.07, 6.45) is 16.8. The minimum Gasteiger partial charge on any atom is -0.445 e. The number of rotatable bonds is 2. The molecule has 148 valence electrons. The molecule has 1 N–H and O–H groups in total. The molecule has 5 aliphatic rings. The van der Waals surface area contributed by atoms with E-state index in [2.05, 4.69) is 40.6 Å². The highest BCUT2D eigenvalue weighted by molar-refractivity contribution is 6.00. The first-order valence-electron chi connectivity index (χ1n) is 10.5. The van der Waals surface area contributed by atoms with Gasteiger partial charge in [0.2, 0.25) is 0 Å². The van der Waals surface area contributed by atoms with E-state index in [1.165, 1.54) is 11.4 Å². The van der Waals surface area contributed by atoms with Gasteiger partial charge < -0.3 is 19.9 Å². The van der Waals surface area contributed by atoms with Crippen molar-refractivity contribution in [3.63, 3.8) is 0 Å². The summed E-state index contributed by atoms with van der Waals surface area (Å²) in [4.78, 5) is 21.6. The van der Waals surface area contributed by atoms with Crippen LogP contribution in [0.15, 0.2) is 52.3 Å². The molecular formula is C22H28N4O2. The van der Waals surface area contributed by atoms with Crippen LogP contribution in [0, 0.1) is 0 Å². The molecule has 6 heteroatoms. The van der Waals surface area contributed by atoms with Gasteiger partial charge in [-0.15, -0.1) is 0 Å². The van der Waals surface area contributed by atoms with Crippen molar-refractivity contribution >= 4 is 11.9 Å². The Morgan fingerprint density at radius 3 is 2.82 bits per heavy atom. The van der Waals surface area contributed by atoms with Crippen LogP contribution in [-0.2, 0) is 4.74 Å². The van der Waals surface area contributed by atoms with Gasteiger partial charge >= 0.3 is 6.09 Å². The summed E-state index contributed by atoms with van der Waals surface area (Å²) in [6, 6.07) is 0. The molecule has 0 radical (unpaired) electrons. The van der Waals surface area contributed by atoms with Gasteiger partial charge in [-0.3, -0.25) is 4.99 Å². The Bertz CT molecular complexity index is 812. The van der Waals surface area contributed by atoms with Crippen LogP contribution in [0.3, 0.4) is 0 Å². The zero-order chi connectivity index (χ0) is 19.0. The second-order valence-electron chi connectivity index (χ2n) is 8.15. The molecule has 5 rings (SSSR count). The summed E-state index contributed by atoms with van der Waals surface area (Å²) in [5, 5.41) is 3.76. The van der Waals surface area contributed by atoms with Crippen molar-refractivity contribution in [2.24, 2.45) is 4.99 Å². The zero-order valence-electron chi connectivity index (χ0n) is 16.3. The highest BCUT2D eigenvalue weighted by atomic mass is 16.6. The number of ether oxygens (including phenoxy) is 1. The first-order chi connectivity index (χ1) is 13.8. The van der Waals surface area contributed by atoms with Gasteiger partial charge in [-0.2, -0.15) is 0 Å². The lowest BCUT2D eigenvalue weighted by atomic mass is 9.81. The van der Waals surface area contributed by atoms with Crippen molar-refractivity contribution in [1.82, 2.24) is 15.1 Å². The molecule has 2 saturated heterocycles. The second kappa shape index (κ2) is 7.15. The van der Waals surface area contributed by atoms with Crippen LogP contribution in [-0.4, -0.2) is 60.1 Å². The number of allylic oxidation sites excluding steroid dienone is 2. The average Bonchev–Trinajstić information content (AvgIpc) is 3.25. The molecule has 6 nitrogen and oxygen atoms in total. The number of likely N-dealkylation sites (tertiary alicyclic amines) is 1. The standard InChI is InChI=1S/C22H28N4O2/c27-21(28-16-17-6-2-1-3-7-17)25-14-10-22(11-15-25)19-9-5-13-26(19)18-8-4-12-23-20(18)24-22/h2,6-9H,1,3-5,10-16H2,(H,23,24). The number of nitrogens with zero attached hydrogens (tertiary/aromatic N) is 3. The van der Waals surface area contributed by atoms with E-state index in [0.29, 0.717) is 19.7 Å². The van der Waals surface area contributed by atoms with Crippen LogP contribution in [0.4, 0.5) is 4.79 Å². The predicted molar refractivity (Wildman–Crippen MR) is 109 cm³/mol. The Balaban J connectivity index is 1.24. The summed E-state index contributed by atoms with van der Waals surface area (Å²) in [5.41, 5.74) is 3.62. The molecular weight excluding hydrogens is 352 g/mol. The molecule has 1 aliphatic carbocycles. The van der Waals surface area contributed by atoms with E-state index >= 15 is 0 Å². The largest absolute Gasteiger partial charge is 0.445 e. The number of nitrogens with one attached hydrogen (secondary N) is 1. The second-order valence-corrected chi connectivity index (χ2v) is 8.15. The molecule has 0 aromatic heterocycles. The molecule has 4 aliphatic heterocycles. The highest BCUT2D eigenvalue weighted by Gasteiger charge is 2.48. The third-order valence-corrected chi connectivity index (χ3v) is 6.41. The molecule has 0 bridgehead atoms. The summed E-state index contributed by atoms with van der Waals surface area (Å²) >= 11 is 0. The Morgan fingerprint density at radius 2 is 2.00 bits per heavy atom. The number of aliphatic imine (C=N–C) groups is 1. The fourth-order valence-electron chi connectivity index (χ4n) is 4.92. The van der Waals surface area contributed by atoms with E-state index < -0.39 is 0 Å². The zero-order valence-corrected chi connectivity index (χ0v) is 16.3. The number of dihydropyridines is 1. The summed E-state index contributed by atoms with van der Waals surface area (Å²) < 4.78 is 5.56. The number of amides is 1. The molecule has 2 fully saturated rings. The van der Waals surface area contributed by atoms with Gasteiger partial charge in [-0.1, -0.05) is 30.4 Å². The molecule has 0 aromatic carbocycles. The molecule has 0 atom stereocenters. The SMILES string of the molecule is O=C(OCC1=CCCC=C1)N1CCC2(CC1)NC1=NCCC=C1N1CCC=C12. The van der Waals surface area contributed by atoms with Gasteiger partial charge in [0.25, 0.3) is 0 Å². The molecule has 28 heavy (non-hydrogen) atoms. The number of hydrogen-bond acceptors (Lipinski definition) is 5. The maximum absolute atomic E-state index is 12.5. The topological polar surface area (TPSA) is 57.2 Å². The normalized spacial score (nSPS) is 25.1. The van der Waals surface area contributed by atoms with E-state index in [1.807, 2.05) is 4.90 Å². The first-order valence-corrected chi connectivity index (χ1v) is 10.5. The number of piperazine rings is 1. The molecule has 4 heterocycles. The van der Waals surface area contributed by atoms with E-state index in [4.69, 9.17) is 9.73 Å². The van der Waals surface area contributed by atoms with E-state index in [1.54, 1.807) is 0 Å². The van der Waals surface area contributed by atoms with Crippen molar-refractivity contribution < 1.29 is 9.53 Å². The lowest BCUT2D eigenvalue weighted by Gasteiger charge is -2.51. The Morgan fingerprint density at radius 1 is 1.11 bits per heavy atom. The lowest BCUT2D eigenvalue weighted by Crippen LogP contribution is -2.63. The van der Waals surface area contributed by atoms with Crippen molar-refractivity contribution in [2.75, 3.05) is 32.8 Å².